The van der Waals surface area contributed by atoms with Gasteiger partial charge in [-0.25, -0.2) is 9.59 Å². The number of hydrogen-bond acceptors (Lipinski definition) is 4. The summed E-state index contributed by atoms with van der Waals surface area (Å²) in [5.74, 6) is 0. The van der Waals surface area contributed by atoms with Crippen LogP contribution in [0.3, 0.4) is 0 Å². The number of rotatable bonds is 6. The minimum absolute atomic E-state index is 0.0118. The Bertz CT molecular complexity index is 242. The molecule has 0 saturated heterocycles. The molecule has 1 unspecified atom stereocenters. The summed E-state index contributed by atoms with van der Waals surface area (Å²) in [6.45, 7) is 1.57. The van der Waals surface area contributed by atoms with Gasteiger partial charge in [0, 0.05) is 0 Å². The van der Waals surface area contributed by atoms with Gasteiger partial charge in [0.2, 0.25) is 0 Å². The maximum Gasteiger partial charge on any atom is 0.494 e. The van der Waals surface area contributed by atoms with Crippen LogP contribution in [0, 0.1) is 0 Å². The van der Waals surface area contributed by atoms with E-state index in [9.17, 15) is 14.2 Å². The maximum absolute atomic E-state index is 10.5. The first-order valence-electron chi connectivity index (χ1n) is 4.01. The van der Waals surface area contributed by atoms with Crippen LogP contribution < -0.4 is 22.1 Å². The predicted molar refractivity (Wildman–Crippen MR) is 53.7 cm³/mol. The standard InChI is InChI=1S/C6H13N4O4P/c1-6(14-15-13,2-9-4(7)11)3-10-5(8)12/h15H,2-3H2,1H3,(H5-,7,8,9,10,11,12)/p+1. The highest BCUT2D eigenvalue weighted by Crippen LogP contribution is 2.14. The Morgan fingerprint density at radius 3 is 1.93 bits per heavy atom. The summed E-state index contributed by atoms with van der Waals surface area (Å²) in [5, 5.41) is 4.56. The van der Waals surface area contributed by atoms with Crippen LogP contribution in [0.4, 0.5) is 9.59 Å². The Kier molecular flexibility index (Phi) is 5.58. The summed E-state index contributed by atoms with van der Waals surface area (Å²) >= 11 is 0. The molecule has 0 aliphatic rings. The summed E-state index contributed by atoms with van der Waals surface area (Å²) in [5.41, 5.74) is 8.71. The van der Waals surface area contributed by atoms with Crippen LogP contribution in [0.2, 0.25) is 0 Å². The van der Waals surface area contributed by atoms with Crippen LogP contribution in [0.15, 0.2) is 0 Å². The second-order valence-electron chi connectivity index (χ2n) is 3.07. The topological polar surface area (TPSA) is 137 Å². The molecule has 0 saturated carbocycles. The van der Waals surface area contributed by atoms with E-state index in [0.29, 0.717) is 0 Å². The molecule has 4 amide bonds. The lowest BCUT2D eigenvalue weighted by Crippen LogP contribution is -2.51. The van der Waals surface area contributed by atoms with E-state index in [1.165, 1.54) is 0 Å². The second kappa shape index (κ2) is 6.15. The molecule has 0 aromatic heterocycles. The quantitative estimate of drug-likeness (QED) is 0.442. The molecular weight excluding hydrogens is 223 g/mol. The number of nitrogens with one attached hydrogen (secondary N) is 2. The van der Waals surface area contributed by atoms with Crippen molar-refractivity contribution < 1.29 is 18.7 Å². The van der Waals surface area contributed by atoms with Crippen LogP contribution in [0.1, 0.15) is 6.92 Å². The average Bonchev–Trinajstić information content (AvgIpc) is 2.13. The minimum Gasteiger partial charge on any atom is -0.352 e. The van der Waals surface area contributed by atoms with Crippen molar-refractivity contribution in [3.63, 3.8) is 0 Å². The van der Waals surface area contributed by atoms with Crippen molar-refractivity contribution in [2.75, 3.05) is 13.1 Å². The number of carbonyl (C=O) groups excluding carboxylic acids is 2. The van der Waals surface area contributed by atoms with Gasteiger partial charge in [-0.3, -0.25) is 0 Å². The van der Waals surface area contributed by atoms with Crippen LogP contribution in [0.25, 0.3) is 0 Å². The van der Waals surface area contributed by atoms with Crippen molar-refractivity contribution in [2.24, 2.45) is 11.5 Å². The van der Waals surface area contributed by atoms with E-state index in [1.807, 2.05) is 0 Å². The molecule has 0 fully saturated rings. The first-order chi connectivity index (χ1) is 6.89. The third-order valence-electron chi connectivity index (χ3n) is 1.56. The smallest absolute Gasteiger partial charge is 0.352 e. The summed E-state index contributed by atoms with van der Waals surface area (Å²) in [4.78, 5) is 20.9. The molecule has 0 bridgehead atoms. The Morgan fingerprint density at radius 2 is 1.67 bits per heavy atom. The number of urea groups is 2. The van der Waals surface area contributed by atoms with E-state index < -0.39 is 26.4 Å². The Balaban J connectivity index is 4.22. The average molecular weight is 237 g/mol. The van der Waals surface area contributed by atoms with Crippen molar-refractivity contribution in [2.45, 2.75) is 12.5 Å². The number of primary amides is 2. The first-order valence-corrected chi connectivity index (χ1v) is 4.83. The maximum atomic E-state index is 10.5. The van der Waals surface area contributed by atoms with Gasteiger partial charge in [-0.1, -0.05) is 0 Å². The van der Waals surface area contributed by atoms with Crippen molar-refractivity contribution in [3.8, 4) is 0 Å². The van der Waals surface area contributed by atoms with Gasteiger partial charge in [0.05, 0.1) is 13.1 Å². The largest absolute Gasteiger partial charge is 0.494 e. The molecule has 0 aromatic carbocycles. The zero-order chi connectivity index (χ0) is 11.9. The van der Waals surface area contributed by atoms with E-state index in [-0.39, 0.29) is 13.1 Å². The van der Waals surface area contributed by atoms with Crippen molar-refractivity contribution in [1.29, 1.82) is 0 Å². The lowest BCUT2D eigenvalue weighted by Gasteiger charge is -2.22. The lowest BCUT2D eigenvalue weighted by atomic mass is 10.1. The zero-order valence-electron chi connectivity index (χ0n) is 8.20. The Morgan fingerprint density at radius 1 is 1.27 bits per heavy atom. The fraction of sp³-hybridized carbons (Fsp3) is 0.667. The van der Waals surface area contributed by atoms with E-state index in [1.54, 1.807) is 6.92 Å². The predicted octanol–water partition coefficient (Wildman–Crippen LogP) is -0.963. The molecule has 0 aliphatic carbocycles. The van der Waals surface area contributed by atoms with Crippen LogP contribution in [0.5, 0.6) is 0 Å². The van der Waals surface area contributed by atoms with E-state index in [0.717, 1.165) is 0 Å². The van der Waals surface area contributed by atoms with E-state index in [4.69, 9.17) is 16.0 Å². The van der Waals surface area contributed by atoms with Gasteiger partial charge in [-0.15, -0.1) is 4.52 Å². The van der Waals surface area contributed by atoms with Gasteiger partial charge in [-0.05, 0) is 11.5 Å². The molecule has 0 spiro atoms. The molecule has 0 aliphatic heterocycles. The van der Waals surface area contributed by atoms with Gasteiger partial charge in [0.15, 0.2) is 5.60 Å². The molecule has 8 nitrogen and oxygen atoms in total. The SMILES string of the molecule is CC(CNC(N)=O)(CNC(N)=O)O[PH+]=O. The molecule has 6 N–H and O–H groups in total. The number of nitrogens with two attached hydrogens (primary N) is 2. The molecule has 0 heterocycles. The molecular formula is C6H14N4O4P+. The van der Waals surface area contributed by atoms with E-state index in [2.05, 4.69) is 10.6 Å². The van der Waals surface area contributed by atoms with Crippen molar-refractivity contribution in [1.82, 2.24) is 10.6 Å². The van der Waals surface area contributed by atoms with Crippen molar-refractivity contribution in [3.05, 3.63) is 0 Å². The monoisotopic (exact) mass is 237 g/mol. The fourth-order valence-corrected chi connectivity index (χ4v) is 1.13. The molecule has 0 rings (SSSR count). The van der Waals surface area contributed by atoms with Crippen LogP contribution in [-0.2, 0) is 9.09 Å². The molecule has 86 valence electrons. The fourth-order valence-electron chi connectivity index (χ4n) is 0.783. The van der Waals surface area contributed by atoms with E-state index >= 15 is 0 Å². The summed E-state index contributed by atoms with van der Waals surface area (Å²) in [7, 11) is -1.02. The highest BCUT2D eigenvalue weighted by molar-refractivity contribution is 7.17. The highest BCUT2D eigenvalue weighted by Gasteiger charge is 2.30. The van der Waals surface area contributed by atoms with Gasteiger partial charge in [-0.2, -0.15) is 0 Å². The third kappa shape index (κ3) is 6.64. The Hall–Kier alpha value is -1.40. The van der Waals surface area contributed by atoms with Gasteiger partial charge in [0.25, 0.3) is 0 Å². The summed E-state index contributed by atoms with van der Waals surface area (Å²) in [6, 6.07) is -1.48. The van der Waals surface area contributed by atoms with Gasteiger partial charge in [0.1, 0.15) is 0 Å². The molecule has 0 aromatic rings. The molecule has 15 heavy (non-hydrogen) atoms. The minimum atomic E-state index is -1.02. The normalized spacial score (nSPS) is 11.0. The highest BCUT2D eigenvalue weighted by atomic mass is 31.1. The lowest BCUT2D eigenvalue weighted by molar-refractivity contribution is 0.108. The van der Waals surface area contributed by atoms with Gasteiger partial charge >= 0.3 is 20.7 Å². The van der Waals surface area contributed by atoms with Crippen molar-refractivity contribution >= 4 is 20.7 Å². The van der Waals surface area contributed by atoms with Gasteiger partial charge < -0.3 is 22.1 Å². The zero-order valence-corrected chi connectivity index (χ0v) is 9.20. The third-order valence-corrected chi connectivity index (χ3v) is 2.14. The Labute approximate surface area is 88.0 Å². The van der Waals surface area contributed by atoms with Crippen LogP contribution in [-0.4, -0.2) is 30.8 Å². The molecule has 0 radical (unpaired) electrons. The summed E-state index contributed by atoms with van der Waals surface area (Å²) in [6.07, 6.45) is 0. The molecule has 9 heteroatoms. The summed E-state index contributed by atoms with van der Waals surface area (Å²) < 4.78 is 15.2. The number of carbonyl (C=O) groups is 2. The molecule has 1 atom stereocenters. The number of hydrogen-bond donors (Lipinski definition) is 4. The first kappa shape index (κ1) is 13.6. The number of amides is 4. The van der Waals surface area contributed by atoms with Crippen LogP contribution >= 0.6 is 8.69 Å². The second-order valence-corrected chi connectivity index (χ2v) is 3.44.